The van der Waals surface area contributed by atoms with E-state index in [1.54, 1.807) is 12.2 Å². The normalized spacial score (nSPS) is 33.6. The first-order valence-corrected chi connectivity index (χ1v) is 13.0. The Balaban J connectivity index is 1.80. The van der Waals surface area contributed by atoms with Gasteiger partial charge >= 0.3 is 17.9 Å². The van der Waals surface area contributed by atoms with Crippen molar-refractivity contribution < 1.29 is 38.8 Å². The van der Waals surface area contributed by atoms with Crippen molar-refractivity contribution >= 4 is 17.9 Å². The molecule has 1 unspecified atom stereocenters. The quantitative estimate of drug-likeness (QED) is 0.271. The number of carbonyl (C=O) groups excluding carboxylic acids is 3. The van der Waals surface area contributed by atoms with E-state index in [2.05, 4.69) is 13.2 Å². The summed E-state index contributed by atoms with van der Waals surface area (Å²) in [6.07, 6.45) is 8.04. The lowest BCUT2D eigenvalue weighted by Crippen LogP contribution is -2.41. The molecule has 0 amide bonds. The average Bonchev–Trinajstić information content (AvgIpc) is 3.12. The standard InChI is InChI=1S/C29H36O8/c1-5-8-17-13-22(31)25(28(33)36-17)24(26-23(32)14-18(9-6-2)37-29(26)34)19-10-7-11-20-21(19)12-15(3)27(20)35-16(4)30/h5-7,10,15,17-21,24,27,31-32H,1-2,8-9,11-14H2,3-4H3/t15-,17+,18+,19?,20-,21+,27-/m0/s1. The first kappa shape index (κ1) is 26.8. The number of rotatable bonds is 8. The lowest BCUT2D eigenvalue weighted by Gasteiger charge is -2.40. The Morgan fingerprint density at radius 3 is 2.05 bits per heavy atom. The van der Waals surface area contributed by atoms with Gasteiger partial charge in [-0.3, -0.25) is 4.79 Å². The number of hydrogen-bond donors (Lipinski definition) is 2. The van der Waals surface area contributed by atoms with Crippen LogP contribution in [-0.2, 0) is 28.6 Å². The molecule has 2 N–H and O–H groups in total. The van der Waals surface area contributed by atoms with Crippen LogP contribution in [0.3, 0.4) is 0 Å². The fourth-order valence-electron chi connectivity index (χ4n) is 6.62. The summed E-state index contributed by atoms with van der Waals surface area (Å²) in [4.78, 5) is 38.5. The highest BCUT2D eigenvalue weighted by atomic mass is 16.6. The lowest BCUT2D eigenvalue weighted by atomic mass is 9.66. The van der Waals surface area contributed by atoms with Crippen molar-refractivity contribution in [3.05, 3.63) is 60.1 Å². The molecule has 0 bridgehead atoms. The van der Waals surface area contributed by atoms with E-state index in [1.807, 2.05) is 19.1 Å². The molecule has 4 aliphatic rings. The fraction of sp³-hybridized carbons (Fsp3) is 0.552. The van der Waals surface area contributed by atoms with E-state index in [4.69, 9.17) is 14.2 Å². The molecule has 1 saturated carbocycles. The summed E-state index contributed by atoms with van der Waals surface area (Å²) in [6.45, 7) is 10.8. The SMILES string of the molecule is C=CC[C@@H]1CC(O)=C(C(C2=C(O)C[C@@H](CC=C)OC2=O)C2C=CC[C@@H]3[C@@H](OC(C)=O)[C@@H](C)C[C@H]23)C(=O)O1. The molecule has 8 nitrogen and oxygen atoms in total. The number of aliphatic hydroxyl groups excluding tert-OH is 2. The largest absolute Gasteiger partial charge is 0.512 e. The molecule has 8 heteroatoms. The van der Waals surface area contributed by atoms with Crippen molar-refractivity contribution in [2.45, 2.75) is 70.7 Å². The maximum atomic E-state index is 13.3. The number of fused-ring (bicyclic) bond motifs is 1. The molecule has 0 radical (unpaired) electrons. The summed E-state index contributed by atoms with van der Waals surface area (Å²) in [5.74, 6) is -3.54. The van der Waals surface area contributed by atoms with Crippen LogP contribution in [-0.4, -0.2) is 46.4 Å². The molecule has 0 aromatic carbocycles. The Bertz CT molecular complexity index is 1010. The first-order valence-electron chi connectivity index (χ1n) is 13.0. The molecule has 200 valence electrons. The topological polar surface area (TPSA) is 119 Å². The monoisotopic (exact) mass is 512 g/mol. The first-order chi connectivity index (χ1) is 17.7. The summed E-state index contributed by atoms with van der Waals surface area (Å²) in [5, 5.41) is 22.2. The number of ether oxygens (including phenoxy) is 3. The van der Waals surface area contributed by atoms with Gasteiger partial charge in [-0.15, -0.1) is 13.2 Å². The number of aliphatic hydroxyl groups is 2. The minimum absolute atomic E-state index is 0.0249. The molecule has 2 aliphatic carbocycles. The van der Waals surface area contributed by atoms with Gasteiger partial charge in [-0.1, -0.05) is 31.2 Å². The van der Waals surface area contributed by atoms with Crippen LogP contribution in [0.25, 0.3) is 0 Å². The molecule has 4 rings (SSSR count). The summed E-state index contributed by atoms with van der Waals surface area (Å²) >= 11 is 0. The third kappa shape index (κ3) is 5.24. The highest BCUT2D eigenvalue weighted by Gasteiger charge is 2.53. The third-order valence-corrected chi connectivity index (χ3v) is 8.06. The minimum atomic E-state index is -0.971. The molecule has 0 aromatic rings. The van der Waals surface area contributed by atoms with Gasteiger partial charge in [0.25, 0.3) is 0 Å². The number of cyclic esters (lactones) is 2. The molecule has 2 heterocycles. The predicted octanol–water partition coefficient (Wildman–Crippen LogP) is 4.79. The van der Waals surface area contributed by atoms with Crippen LogP contribution in [0.15, 0.2) is 60.1 Å². The van der Waals surface area contributed by atoms with Crippen LogP contribution < -0.4 is 0 Å². The maximum absolute atomic E-state index is 13.3. The van der Waals surface area contributed by atoms with Crippen LogP contribution in [0.5, 0.6) is 0 Å². The highest BCUT2D eigenvalue weighted by molar-refractivity contribution is 5.97. The second-order valence-corrected chi connectivity index (χ2v) is 10.6. The zero-order chi connectivity index (χ0) is 26.9. The Morgan fingerprint density at radius 2 is 1.59 bits per heavy atom. The van der Waals surface area contributed by atoms with Gasteiger partial charge in [0.2, 0.25) is 0 Å². The minimum Gasteiger partial charge on any atom is -0.512 e. The van der Waals surface area contributed by atoms with Crippen molar-refractivity contribution in [2.24, 2.45) is 29.6 Å². The molecular weight excluding hydrogens is 476 g/mol. The van der Waals surface area contributed by atoms with Gasteiger partial charge in [0, 0.05) is 44.4 Å². The summed E-state index contributed by atoms with van der Waals surface area (Å²) in [6, 6.07) is 0. The average molecular weight is 513 g/mol. The Morgan fingerprint density at radius 1 is 1.05 bits per heavy atom. The van der Waals surface area contributed by atoms with Gasteiger partial charge < -0.3 is 24.4 Å². The van der Waals surface area contributed by atoms with E-state index in [0.29, 0.717) is 25.7 Å². The van der Waals surface area contributed by atoms with Gasteiger partial charge in [0.1, 0.15) is 29.8 Å². The van der Waals surface area contributed by atoms with Gasteiger partial charge in [-0.25, -0.2) is 9.59 Å². The predicted molar refractivity (Wildman–Crippen MR) is 135 cm³/mol. The van der Waals surface area contributed by atoms with Crippen LogP contribution in [0, 0.1) is 29.6 Å². The maximum Gasteiger partial charge on any atom is 0.338 e. The molecular formula is C29H36O8. The second kappa shape index (κ2) is 11.0. The van der Waals surface area contributed by atoms with Crippen molar-refractivity contribution in [3.8, 4) is 0 Å². The van der Waals surface area contributed by atoms with Crippen LogP contribution in [0.4, 0.5) is 0 Å². The Labute approximate surface area is 217 Å². The lowest BCUT2D eigenvalue weighted by molar-refractivity contribution is -0.150. The number of carbonyl (C=O) groups is 3. The molecule has 37 heavy (non-hydrogen) atoms. The number of hydrogen-bond acceptors (Lipinski definition) is 8. The molecule has 1 fully saturated rings. The molecule has 7 atom stereocenters. The van der Waals surface area contributed by atoms with E-state index in [0.717, 1.165) is 0 Å². The van der Waals surface area contributed by atoms with Crippen LogP contribution in [0.2, 0.25) is 0 Å². The second-order valence-electron chi connectivity index (χ2n) is 10.6. The van der Waals surface area contributed by atoms with E-state index >= 15 is 0 Å². The fourth-order valence-corrected chi connectivity index (χ4v) is 6.62. The van der Waals surface area contributed by atoms with Gasteiger partial charge in [-0.2, -0.15) is 0 Å². The van der Waals surface area contributed by atoms with Gasteiger partial charge in [-0.05, 0) is 30.6 Å². The molecule has 2 aliphatic heterocycles. The number of allylic oxidation sites excluding steroid dienone is 2. The van der Waals surface area contributed by atoms with E-state index in [1.165, 1.54) is 6.92 Å². The van der Waals surface area contributed by atoms with E-state index < -0.39 is 36.0 Å². The zero-order valence-electron chi connectivity index (χ0n) is 21.4. The molecule has 0 aromatic heterocycles. The van der Waals surface area contributed by atoms with Crippen molar-refractivity contribution in [1.29, 1.82) is 0 Å². The summed E-state index contributed by atoms with van der Waals surface area (Å²) < 4.78 is 16.9. The Kier molecular flexibility index (Phi) is 7.95. The third-order valence-electron chi connectivity index (χ3n) is 8.06. The van der Waals surface area contributed by atoms with Gasteiger partial charge in [0.05, 0.1) is 11.1 Å². The van der Waals surface area contributed by atoms with Crippen molar-refractivity contribution in [3.63, 3.8) is 0 Å². The van der Waals surface area contributed by atoms with Crippen molar-refractivity contribution in [1.82, 2.24) is 0 Å². The van der Waals surface area contributed by atoms with Crippen LogP contribution in [0.1, 0.15) is 52.4 Å². The van der Waals surface area contributed by atoms with E-state index in [-0.39, 0.29) is 65.3 Å². The van der Waals surface area contributed by atoms with E-state index in [9.17, 15) is 24.6 Å². The van der Waals surface area contributed by atoms with Crippen molar-refractivity contribution in [2.75, 3.05) is 0 Å². The summed E-state index contributed by atoms with van der Waals surface area (Å²) in [7, 11) is 0. The zero-order valence-corrected chi connectivity index (χ0v) is 21.4. The molecule has 0 saturated heterocycles. The smallest absolute Gasteiger partial charge is 0.338 e. The molecule has 0 spiro atoms. The number of esters is 3. The van der Waals surface area contributed by atoms with Gasteiger partial charge in [0.15, 0.2) is 0 Å². The highest BCUT2D eigenvalue weighted by Crippen LogP contribution is 2.53. The summed E-state index contributed by atoms with van der Waals surface area (Å²) in [5.41, 5.74) is -0.0558. The Hall–Kier alpha value is -3.29. The van der Waals surface area contributed by atoms with Crippen LogP contribution >= 0.6 is 0 Å².